The predicted molar refractivity (Wildman–Crippen MR) is 58.7 cm³/mol. The van der Waals surface area contributed by atoms with Gasteiger partial charge >= 0.3 is 10.3 Å². The van der Waals surface area contributed by atoms with Crippen LogP contribution in [0.5, 0.6) is 0 Å². The normalized spacial score (nSPS) is 13.7. The van der Waals surface area contributed by atoms with E-state index in [2.05, 4.69) is 8.91 Å². The maximum absolute atomic E-state index is 11.1. The van der Waals surface area contributed by atoms with Crippen LogP contribution in [0.1, 0.15) is 12.5 Å². The van der Waals surface area contributed by atoms with Crippen molar-refractivity contribution in [3.63, 3.8) is 0 Å². The topological polar surface area (TPSA) is 55.4 Å². The molecule has 0 bridgehead atoms. The van der Waals surface area contributed by atoms with Crippen molar-refractivity contribution < 1.29 is 12.6 Å². The van der Waals surface area contributed by atoms with Gasteiger partial charge in [0.05, 0.1) is 7.11 Å². The summed E-state index contributed by atoms with van der Waals surface area (Å²) in [5.74, 6) is 0. The Kier molecular flexibility index (Phi) is 4.26. The lowest BCUT2D eigenvalue weighted by Crippen LogP contribution is -2.34. The summed E-state index contributed by atoms with van der Waals surface area (Å²) in [4.78, 5) is 0. The molecule has 84 valence electrons. The van der Waals surface area contributed by atoms with E-state index in [-0.39, 0.29) is 6.04 Å². The fourth-order valence-corrected chi connectivity index (χ4v) is 1.98. The number of rotatable bonds is 5. The molecule has 0 radical (unpaired) electrons. The van der Waals surface area contributed by atoms with Gasteiger partial charge in [0.1, 0.15) is 0 Å². The summed E-state index contributed by atoms with van der Waals surface area (Å²) in [5, 5.41) is 0. The van der Waals surface area contributed by atoms with Crippen molar-refractivity contribution in [2.24, 2.45) is 0 Å². The minimum atomic E-state index is -3.59. The van der Waals surface area contributed by atoms with Gasteiger partial charge in [-0.1, -0.05) is 30.3 Å². The first kappa shape index (κ1) is 12.2. The van der Waals surface area contributed by atoms with E-state index in [0.29, 0.717) is 6.42 Å². The van der Waals surface area contributed by atoms with Crippen LogP contribution >= 0.6 is 0 Å². The Balaban J connectivity index is 2.54. The lowest BCUT2D eigenvalue weighted by Gasteiger charge is -2.12. The molecule has 1 rings (SSSR count). The lowest BCUT2D eigenvalue weighted by atomic mass is 10.1. The monoisotopic (exact) mass is 229 g/mol. The predicted octanol–water partition coefficient (Wildman–Crippen LogP) is 1.10. The molecule has 1 unspecified atom stereocenters. The molecule has 0 saturated carbocycles. The van der Waals surface area contributed by atoms with Crippen LogP contribution in [0.25, 0.3) is 0 Å². The Morgan fingerprint density at radius 3 is 2.47 bits per heavy atom. The zero-order valence-electron chi connectivity index (χ0n) is 8.80. The largest absolute Gasteiger partial charge is 0.335 e. The van der Waals surface area contributed by atoms with Gasteiger partial charge in [-0.3, -0.25) is 4.18 Å². The zero-order chi connectivity index (χ0) is 11.3. The van der Waals surface area contributed by atoms with Gasteiger partial charge in [0, 0.05) is 6.04 Å². The summed E-state index contributed by atoms with van der Waals surface area (Å²) in [6.07, 6.45) is 0.642. The average Bonchev–Trinajstić information content (AvgIpc) is 2.18. The Hall–Kier alpha value is -0.910. The molecular formula is C10H15NO3S. The summed E-state index contributed by atoms with van der Waals surface area (Å²) in [7, 11) is -2.45. The minimum absolute atomic E-state index is 0.183. The summed E-state index contributed by atoms with van der Waals surface area (Å²) in [5.41, 5.74) is 1.09. The first-order chi connectivity index (χ1) is 7.03. The summed E-state index contributed by atoms with van der Waals surface area (Å²) in [6, 6.07) is 9.50. The Morgan fingerprint density at radius 2 is 1.93 bits per heavy atom. The second-order valence-electron chi connectivity index (χ2n) is 3.33. The first-order valence-electron chi connectivity index (χ1n) is 4.65. The molecule has 0 aromatic heterocycles. The second-order valence-corrected chi connectivity index (χ2v) is 4.81. The van der Waals surface area contributed by atoms with Gasteiger partial charge in [0.15, 0.2) is 0 Å². The van der Waals surface area contributed by atoms with Crippen LogP contribution in [0.15, 0.2) is 30.3 Å². The maximum atomic E-state index is 11.1. The number of benzene rings is 1. The van der Waals surface area contributed by atoms with Crippen LogP contribution in [0, 0.1) is 0 Å². The van der Waals surface area contributed by atoms with E-state index in [1.54, 1.807) is 6.92 Å². The van der Waals surface area contributed by atoms with Crippen molar-refractivity contribution in [1.82, 2.24) is 4.72 Å². The summed E-state index contributed by atoms with van der Waals surface area (Å²) in [6.45, 7) is 1.80. The van der Waals surface area contributed by atoms with Crippen molar-refractivity contribution in [1.29, 1.82) is 0 Å². The van der Waals surface area contributed by atoms with E-state index in [9.17, 15) is 8.42 Å². The van der Waals surface area contributed by atoms with Crippen LogP contribution in [0.2, 0.25) is 0 Å². The number of hydrogen-bond donors (Lipinski definition) is 1. The van der Waals surface area contributed by atoms with Crippen LogP contribution in [0.4, 0.5) is 0 Å². The number of nitrogens with one attached hydrogen (secondary N) is 1. The van der Waals surface area contributed by atoms with Gasteiger partial charge in [-0.25, -0.2) is 0 Å². The Bertz CT molecular complexity index is 388. The van der Waals surface area contributed by atoms with Crippen molar-refractivity contribution in [3.8, 4) is 0 Å². The van der Waals surface area contributed by atoms with Gasteiger partial charge < -0.3 is 0 Å². The van der Waals surface area contributed by atoms with Crippen molar-refractivity contribution in [3.05, 3.63) is 35.9 Å². The molecule has 0 spiro atoms. The van der Waals surface area contributed by atoms with Gasteiger partial charge in [0.2, 0.25) is 0 Å². The van der Waals surface area contributed by atoms with Gasteiger partial charge in [-0.15, -0.1) is 0 Å². The molecule has 0 saturated heterocycles. The molecular weight excluding hydrogens is 214 g/mol. The molecule has 1 atom stereocenters. The van der Waals surface area contributed by atoms with E-state index in [1.165, 1.54) is 0 Å². The highest BCUT2D eigenvalue weighted by molar-refractivity contribution is 7.84. The summed E-state index contributed by atoms with van der Waals surface area (Å²) >= 11 is 0. The molecule has 0 fully saturated rings. The fourth-order valence-electron chi connectivity index (χ4n) is 1.30. The van der Waals surface area contributed by atoms with Crippen LogP contribution in [-0.2, 0) is 20.9 Å². The molecule has 1 aromatic carbocycles. The third-order valence-electron chi connectivity index (χ3n) is 1.95. The van der Waals surface area contributed by atoms with Gasteiger partial charge in [-0.05, 0) is 18.9 Å². The second kappa shape index (κ2) is 5.25. The molecule has 0 aliphatic rings. The Morgan fingerprint density at radius 1 is 1.33 bits per heavy atom. The van der Waals surface area contributed by atoms with E-state index in [4.69, 9.17) is 0 Å². The first-order valence-corrected chi connectivity index (χ1v) is 6.06. The zero-order valence-corrected chi connectivity index (χ0v) is 9.62. The van der Waals surface area contributed by atoms with Crippen LogP contribution in [-0.4, -0.2) is 21.6 Å². The van der Waals surface area contributed by atoms with E-state index >= 15 is 0 Å². The van der Waals surface area contributed by atoms with Gasteiger partial charge in [-0.2, -0.15) is 13.1 Å². The van der Waals surface area contributed by atoms with Crippen molar-refractivity contribution in [2.45, 2.75) is 19.4 Å². The highest BCUT2D eigenvalue weighted by Crippen LogP contribution is 2.03. The van der Waals surface area contributed by atoms with Crippen molar-refractivity contribution in [2.75, 3.05) is 7.11 Å². The molecule has 5 heteroatoms. The lowest BCUT2D eigenvalue weighted by molar-refractivity contribution is 0.380. The molecule has 1 aromatic rings. The fraction of sp³-hybridized carbons (Fsp3) is 0.400. The molecule has 0 aliphatic carbocycles. The minimum Gasteiger partial charge on any atom is -0.261 e. The van der Waals surface area contributed by atoms with E-state index in [0.717, 1.165) is 12.7 Å². The standard InChI is InChI=1S/C10H15NO3S/c1-9(11-15(12,13)14-2)8-10-6-4-3-5-7-10/h3-7,9,11H,8H2,1-2H3. The Labute approximate surface area is 90.5 Å². The highest BCUT2D eigenvalue weighted by Gasteiger charge is 2.12. The molecule has 1 N–H and O–H groups in total. The molecule has 4 nitrogen and oxygen atoms in total. The van der Waals surface area contributed by atoms with Crippen LogP contribution in [0.3, 0.4) is 0 Å². The van der Waals surface area contributed by atoms with Crippen LogP contribution < -0.4 is 4.72 Å². The van der Waals surface area contributed by atoms with Gasteiger partial charge in [0.25, 0.3) is 0 Å². The summed E-state index contributed by atoms with van der Waals surface area (Å²) < 4.78 is 28.8. The third kappa shape index (κ3) is 4.42. The molecule has 15 heavy (non-hydrogen) atoms. The van der Waals surface area contributed by atoms with E-state index in [1.807, 2.05) is 30.3 Å². The maximum Gasteiger partial charge on any atom is 0.335 e. The third-order valence-corrected chi connectivity index (χ3v) is 3.08. The molecule has 0 heterocycles. The highest BCUT2D eigenvalue weighted by atomic mass is 32.2. The number of hydrogen-bond acceptors (Lipinski definition) is 3. The smallest absolute Gasteiger partial charge is 0.261 e. The SMILES string of the molecule is COS(=O)(=O)NC(C)Cc1ccccc1. The van der Waals surface area contributed by atoms with E-state index < -0.39 is 10.3 Å². The molecule has 0 amide bonds. The average molecular weight is 229 g/mol. The quantitative estimate of drug-likeness (QED) is 0.822. The van der Waals surface area contributed by atoms with Crippen molar-refractivity contribution >= 4 is 10.3 Å². The molecule has 0 aliphatic heterocycles.